The summed E-state index contributed by atoms with van der Waals surface area (Å²) >= 11 is 0. The molecule has 0 aliphatic carbocycles. The Labute approximate surface area is 261 Å². The zero-order valence-corrected chi connectivity index (χ0v) is 28.1. The van der Waals surface area contributed by atoms with Gasteiger partial charge in [0.1, 0.15) is 6.10 Å². The van der Waals surface area contributed by atoms with Crippen LogP contribution in [0.25, 0.3) is 0 Å². The summed E-state index contributed by atoms with van der Waals surface area (Å²) in [5.41, 5.74) is 0. The molecule has 0 saturated heterocycles. The maximum atomic E-state index is 12.6. The van der Waals surface area contributed by atoms with Gasteiger partial charge in [0.05, 0.1) is 0 Å². The van der Waals surface area contributed by atoms with E-state index in [-0.39, 0.29) is 18.5 Å². The molecule has 0 spiro atoms. The average molecular weight is 591 g/mol. The molecular weight excluding hydrogens is 520 g/mol. The lowest BCUT2D eigenvalue weighted by atomic mass is 10.0. The number of carbonyl (C=O) groups is 2. The van der Waals surface area contributed by atoms with Crippen LogP contribution in [0.15, 0.2) is 24.3 Å². The Balaban J connectivity index is 4.15. The molecule has 246 valence electrons. The van der Waals surface area contributed by atoms with Crippen molar-refractivity contribution < 1.29 is 19.4 Å². The zero-order chi connectivity index (χ0) is 30.8. The number of carboxylic acids is 1. The lowest BCUT2D eigenvalue weighted by molar-refractivity contribution is -0.150. The molecule has 1 atom stereocenters. The van der Waals surface area contributed by atoms with Gasteiger partial charge in [0, 0.05) is 12.8 Å². The largest absolute Gasteiger partial charge is 0.481 e. The molecule has 1 N–H and O–H groups in total. The second kappa shape index (κ2) is 33.9. The van der Waals surface area contributed by atoms with E-state index in [4.69, 9.17) is 9.84 Å². The second-order valence-electron chi connectivity index (χ2n) is 12.4. The Bertz CT molecular complexity index is 639. The number of hydrogen-bond donors (Lipinski definition) is 1. The second-order valence-corrected chi connectivity index (χ2v) is 12.4. The molecule has 0 saturated carbocycles. The lowest BCUT2D eigenvalue weighted by Crippen LogP contribution is -2.18. The third-order valence-electron chi connectivity index (χ3n) is 8.18. The number of carboxylic acid groups (broad SMARTS) is 1. The Hall–Kier alpha value is -1.58. The third kappa shape index (κ3) is 32.9. The molecule has 0 bridgehead atoms. The minimum Gasteiger partial charge on any atom is -0.481 e. The first-order chi connectivity index (χ1) is 20.6. The first-order valence-electron chi connectivity index (χ1n) is 18.3. The van der Waals surface area contributed by atoms with Gasteiger partial charge in [-0.2, -0.15) is 0 Å². The van der Waals surface area contributed by atoms with Crippen LogP contribution >= 0.6 is 0 Å². The molecular formula is C38H70O4. The molecule has 0 aromatic carbocycles. The highest BCUT2D eigenvalue weighted by molar-refractivity contribution is 5.69. The van der Waals surface area contributed by atoms with Crippen molar-refractivity contribution in [3.63, 3.8) is 0 Å². The predicted molar refractivity (Wildman–Crippen MR) is 181 cm³/mol. The number of rotatable bonds is 33. The van der Waals surface area contributed by atoms with Gasteiger partial charge in [-0.1, -0.05) is 147 Å². The van der Waals surface area contributed by atoms with Gasteiger partial charge in [-0.15, -0.1) is 0 Å². The number of hydrogen-bond acceptors (Lipinski definition) is 3. The molecule has 4 nitrogen and oxygen atoms in total. The maximum absolute atomic E-state index is 12.6. The Morgan fingerprint density at radius 1 is 0.524 bits per heavy atom. The fraction of sp³-hybridized carbons (Fsp3) is 0.842. The van der Waals surface area contributed by atoms with E-state index in [2.05, 4.69) is 38.2 Å². The van der Waals surface area contributed by atoms with Crippen molar-refractivity contribution >= 4 is 11.9 Å². The number of allylic oxidation sites excluding steroid dienone is 4. The SMILES string of the molecule is CCCCCCC/C=C\C/C=C\CCCC(CCCCCCCC(=O)O)OC(=O)CCCCCCCCCCCCC. The van der Waals surface area contributed by atoms with E-state index in [1.165, 1.54) is 96.3 Å². The summed E-state index contributed by atoms with van der Waals surface area (Å²) in [6, 6.07) is 0. The number of ether oxygens (including phenoxy) is 1. The monoisotopic (exact) mass is 591 g/mol. The van der Waals surface area contributed by atoms with E-state index >= 15 is 0 Å². The fourth-order valence-corrected chi connectivity index (χ4v) is 5.45. The highest BCUT2D eigenvalue weighted by Gasteiger charge is 2.14. The molecule has 42 heavy (non-hydrogen) atoms. The fourth-order valence-electron chi connectivity index (χ4n) is 5.45. The van der Waals surface area contributed by atoms with E-state index in [0.717, 1.165) is 77.0 Å². The number of unbranched alkanes of at least 4 members (excludes halogenated alkanes) is 20. The first kappa shape index (κ1) is 40.4. The predicted octanol–water partition coefficient (Wildman–Crippen LogP) is 12.4. The Kier molecular flexibility index (Phi) is 32.6. The van der Waals surface area contributed by atoms with Gasteiger partial charge in [-0.25, -0.2) is 0 Å². The summed E-state index contributed by atoms with van der Waals surface area (Å²) in [6.07, 6.45) is 41.8. The molecule has 0 rings (SSSR count). The van der Waals surface area contributed by atoms with Gasteiger partial charge < -0.3 is 9.84 Å². The summed E-state index contributed by atoms with van der Waals surface area (Å²) in [7, 11) is 0. The van der Waals surface area contributed by atoms with E-state index in [1.807, 2.05) is 0 Å². The normalized spacial score (nSPS) is 12.4. The molecule has 4 heteroatoms. The summed E-state index contributed by atoms with van der Waals surface area (Å²) in [4.78, 5) is 23.3. The molecule has 0 aromatic rings. The highest BCUT2D eigenvalue weighted by atomic mass is 16.5. The standard InChI is InChI=1S/C38H70O4/c1-3-5-7-9-11-13-15-16-18-19-21-24-28-32-36(33-29-25-23-26-30-34-37(39)40)42-38(41)35-31-27-22-20-17-14-12-10-8-6-4-2/h15-16,19,21,36H,3-14,17-18,20,22-35H2,1-2H3,(H,39,40)/b16-15-,21-19-. The van der Waals surface area contributed by atoms with Crippen LogP contribution in [-0.4, -0.2) is 23.1 Å². The van der Waals surface area contributed by atoms with E-state index < -0.39 is 5.97 Å². The highest BCUT2D eigenvalue weighted by Crippen LogP contribution is 2.18. The quantitative estimate of drug-likeness (QED) is 0.0469. The summed E-state index contributed by atoms with van der Waals surface area (Å²) in [5.74, 6) is -0.726. The lowest BCUT2D eigenvalue weighted by Gasteiger charge is -2.18. The van der Waals surface area contributed by atoms with Crippen LogP contribution in [0.4, 0.5) is 0 Å². The first-order valence-corrected chi connectivity index (χ1v) is 18.3. The number of aliphatic carboxylic acids is 1. The van der Waals surface area contributed by atoms with Crippen molar-refractivity contribution in [3.8, 4) is 0 Å². The van der Waals surface area contributed by atoms with Crippen molar-refractivity contribution in [2.75, 3.05) is 0 Å². The van der Waals surface area contributed by atoms with Gasteiger partial charge in [0.15, 0.2) is 0 Å². The van der Waals surface area contributed by atoms with Crippen molar-refractivity contribution in [2.24, 2.45) is 0 Å². The van der Waals surface area contributed by atoms with Crippen LogP contribution in [0.2, 0.25) is 0 Å². The molecule has 0 aliphatic rings. The third-order valence-corrected chi connectivity index (χ3v) is 8.18. The smallest absolute Gasteiger partial charge is 0.306 e. The Morgan fingerprint density at radius 3 is 1.50 bits per heavy atom. The van der Waals surface area contributed by atoms with Crippen molar-refractivity contribution in [3.05, 3.63) is 24.3 Å². The van der Waals surface area contributed by atoms with Crippen molar-refractivity contribution in [2.45, 2.75) is 206 Å². The summed E-state index contributed by atoms with van der Waals surface area (Å²) in [6.45, 7) is 4.52. The summed E-state index contributed by atoms with van der Waals surface area (Å²) < 4.78 is 5.96. The topological polar surface area (TPSA) is 63.6 Å². The van der Waals surface area contributed by atoms with Crippen LogP contribution in [0.5, 0.6) is 0 Å². The van der Waals surface area contributed by atoms with Gasteiger partial charge in [-0.05, 0) is 64.2 Å². The maximum Gasteiger partial charge on any atom is 0.306 e. The van der Waals surface area contributed by atoms with E-state index in [1.54, 1.807) is 0 Å². The minimum absolute atomic E-state index is 0.0187. The van der Waals surface area contributed by atoms with Crippen LogP contribution in [0, 0.1) is 0 Å². The molecule has 0 aliphatic heterocycles. The van der Waals surface area contributed by atoms with Crippen LogP contribution in [0.3, 0.4) is 0 Å². The van der Waals surface area contributed by atoms with Gasteiger partial charge in [0.25, 0.3) is 0 Å². The van der Waals surface area contributed by atoms with Crippen molar-refractivity contribution in [1.29, 1.82) is 0 Å². The van der Waals surface area contributed by atoms with Gasteiger partial charge >= 0.3 is 11.9 Å². The van der Waals surface area contributed by atoms with E-state index in [9.17, 15) is 9.59 Å². The van der Waals surface area contributed by atoms with Gasteiger partial charge in [-0.3, -0.25) is 9.59 Å². The van der Waals surface area contributed by atoms with Gasteiger partial charge in [0.2, 0.25) is 0 Å². The number of esters is 1. The summed E-state index contributed by atoms with van der Waals surface area (Å²) in [5, 5.41) is 8.79. The molecule has 0 amide bonds. The average Bonchev–Trinajstić information content (AvgIpc) is 2.97. The number of carbonyl (C=O) groups excluding carboxylic acids is 1. The van der Waals surface area contributed by atoms with E-state index in [0.29, 0.717) is 6.42 Å². The molecule has 0 heterocycles. The molecule has 0 aromatic heterocycles. The molecule has 1 unspecified atom stereocenters. The van der Waals surface area contributed by atoms with Crippen LogP contribution in [0.1, 0.15) is 200 Å². The minimum atomic E-state index is -0.706. The zero-order valence-electron chi connectivity index (χ0n) is 28.1. The van der Waals surface area contributed by atoms with Crippen molar-refractivity contribution in [1.82, 2.24) is 0 Å². The van der Waals surface area contributed by atoms with Crippen LogP contribution < -0.4 is 0 Å². The van der Waals surface area contributed by atoms with Crippen LogP contribution in [-0.2, 0) is 14.3 Å². The molecule has 0 radical (unpaired) electrons. The Morgan fingerprint density at radius 2 is 0.952 bits per heavy atom. The molecule has 0 fully saturated rings.